The zero-order valence-electron chi connectivity index (χ0n) is 13.9. The van der Waals surface area contributed by atoms with E-state index in [1.165, 1.54) is 19.3 Å². The summed E-state index contributed by atoms with van der Waals surface area (Å²) >= 11 is 6.13. The zero-order valence-corrected chi connectivity index (χ0v) is 14.7. The quantitative estimate of drug-likeness (QED) is 0.777. The molecule has 1 aromatic carbocycles. The largest absolute Gasteiger partial charge is 0.393 e. The molecule has 5 nitrogen and oxygen atoms in total. The first-order valence-electron chi connectivity index (χ1n) is 8.92. The molecule has 0 aromatic heterocycles. The highest BCUT2D eigenvalue weighted by Crippen LogP contribution is 2.31. The molecule has 1 aromatic rings. The molecule has 0 radical (unpaired) electrons. The Labute approximate surface area is 148 Å². The van der Waals surface area contributed by atoms with Crippen LogP contribution in [0.2, 0.25) is 5.02 Å². The monoisotopic (exact) mass is 351 g/mol. The highest BCUT2D eigenvalue weighted by atomic mass is 35.5. The Bertz CT molecular complexity index is 567. The van der Waals surface area contributed by atoms with Gasteiger partial charge in [-0.15, -0.1) is 0 Å². The van der Waals surface area contributed by atoms with Crippen LogP contribution in [0.3, 0.4) is 0 Å². The van der Waals surface area contributed by atoms with Crippen LogP contribution in [0.5, 0.6) is 0 Å². The third-order valence-electron chi connectivity index (χ3n) is 4.94. The zero-order chi connectivity index (χ0) is 16.9. The number of amides is 2. The maximum atomic E-state index is 12.4. The minimum atomic E-state index is -0.218. The van der Waals surface area contributed by atoms with Crippen LogP contribution in [0.15, 0.2) is 18.2 Å². The molecule has 0 unspecified atom stereocenters. The van der Waals surface area contributed by atoms with Crippen LogP contribution in [0.1, 0.15) is 44.9 Å². The van der Waals surface area contributed by atoms with Gasteiger partial charge in [-0.05, 0) is 63.1 Å². The number of hydrogen-bond donors (Lipinski definition) is 3. The number of halogens is 1. The van der Waals surface area contributed by atoms with E-state index >= 15 is 0 Å². The third kappa shape index (κ3) is 4.54. The van der Waals surface area contributed by atoms with Gasteiger partial charge in [0.1, 0.15) is 0 Å². The van der Waals surface area contributed by atoms with Crippen LogP contribution >= 0.6 is 11.6 Å². The lowest BCUT2D eigenvalue weighted by Gasteiger charge is -2.31. The average Bonchev–Trinajstić information content (AvgIpc) is 2.58. The lowest BCUT2D eigenvalue weighted by molar-refractivity contribution is 0.118. The molecule has 0 bridgehead atoms. The SMILES string of the molecule is O=C(Nc1cc(Cl)ccc1N1CCCCC1)NC1CCC(O)CC1. The second-order valence-corrected chi connectivity index (χ2v) is 7.25. The number of aliphatic hydroxyl groups excluding tert-OH is 1. The number of benzene rings is 1. The molecular weight excluding hydrogens is 326 g/mol. The van der Waals surface area contributed by atoms with Gasteiger partial charge in [0.15, 0.2) is 0 Å². The van der Waals surface area contributed by atoms with Crippen LogP contribution in [-0.2, 0) is 0 Å². The van der Waals surface area contributed by atoms with Gasteiger partial charge in [0.05, 0.1) is 17.5 Å². The summed E-state index contributed by atoms with van der Waals surface area (Å²) in [4.78, 5) is 14.7. The van der Waals surface area contributed by atoms with Gasteiger partial charge in [-0.1, -0.05) is 11.6 Å². The van der Waals surface area contributed by atoms with Crippen molar-refractivity contribution in [3.05, 3.63) is 23.2 Å². The Morgan fingerprint density at radius 1 is 1.12 bits per heavy atom. The molecule has 0 atom stereocenters. The predicted octanol–water partition coefficient (Wildman–Crippen LogP) is 3.76. The third-order valence-corrected chi connectivity index (χ3v) is 5.17. The Morgan fingerprint density at radius 3 is 2.54 bits per heavy atom. The number of nitrogens with one attached hydrogen (secondary N) is 2. The Hall–Kier alpha value is -1.46. The van der Waals surface area contributed by atoms with Crippen LogP contribution in [0.4, 0.5) is 16.2 Å². The predicted molar refractivity (Wildman–Crippen MR) is 97.9 cm³/mol. The maximum Gasteiger partial charge on any atom is 0.319 e. The van der Waals surface area contributed by atoms with Crippen molar-refractivity contribution >= 4 is 29.0 Å². The molecule has 1 saturated carbocycles. The number of aliphatic hydroxyl groups is 1. The molecular formula is C18H26ClN3O2. The van der Waals surface area contributed by atoms with Crippen molar-refractivity contribution in [2.75, 3.05) is 23.3 Å². The molecule has 3 rings (SSSR count). The minimum Gasteiger partial charge on any atom is -0.393 e. The average molecular weight is 352 g/mol. The van der Waals surface area contributed by atoms with Crippen LogP contribution in [-0.4, -0.2) is 36.4 Å². The number of urea groups is 1. The van der Waals surface area contributed by atoms with Crippen molar-refractivity contribution in [1.29, 1.82) is 0 Å². The Morgan fingerprint density at radius 2 is 1.83 bits per heavy atom. The van der Waals surface area contributed by atoms with E-state index in [2.05, 4.69) is 15.5 Å². The normalized spacial score (nSPS) is 24.5. The Balaban J connectivity index is 1.64. The Kier molecular flexibility index (Phi) is 5.85. The molecule has 3 N–H and O–H groups in total. The topological polar surface area (TPSA) is 64.6 Å². The number of nitrogens with zero attached hydrogens (tertiary/aromatic N) is 1. The molecule has 0 spiro atoms. The lowest BCUT2D eigenvalue weighted by Crippen LogP contribution is -2.41. The van der Waals surface area contributed by atoms with E-state index in [1.807, 2.05) is 18.2 Å². The summed E-state index contributed by atoms with van der Waals surface area (Å²) in [6.45, 7) is 2.02. The molecule has 2 fully saturated rings. The number of carbonyl (C=O) groups excluding carboxylic acids is 1. The van der Waals surface area contributed by atoms with Gasteiger partial charge in [-0.3, -0.25) is 0 Å². The molecule has 6 heteroatoms. The summed E-state index contributed by atoms with van der Waals surface area (Å²) in [7, 11) is 0. The van der Waals surface area contributed by atoms with Crippen LogP contribution in [0, 0.1) is 0 Å². The molecule has 1 heterocycles. The summed E-state index contributed by atoms with van der Waals surface area (Å²) in [6.07, 6.45) is 6.55. The number of rotatable bonds is 3. The van der Waals surface area contributed by atoms with Crippen molar-refractivity contribution in [1.82, 2.24) is 5.32 Å². The van der Waals surface area contributed by atoms with Gasteiger partial charge in [-0.25, -0.2) is 4.79 Å². The summed E-state index contributed by atoms with van der Waals surface area (Å²) < 4.78 is 0. The van der Waals surface area contributed by atoms with Gasteiger partial charge >= 0.3 is 6.03 Å². The van der Waals surface area contributed by atoms with Gasteiger partial charge in [0.25, 0.3) is 0 Å². The van der Waals surface area contributed by atoms with E-state index in [9.17, 15) is 9.90 Å². The van der Waals surface area contributed by atoms with Crippen molar-refractivity contribution in [2.45, 2.75) is 57.1 Å². The fourth-order valence-electron chi connectivity index (χ4n) is 3.58. The first kappa shape index (κ1) is 17.4. The van der Waals surface area contributed by atoms with E-state index in [0.29, 0.717) is 5.02 Å². The first-order valence-corrected chi connectivity index (χ1v) is 9.30. The van der Waals surface area contributed by atoms with E-state index in [1.54, 1.807) is 0 Å². The number of carbonyl (C=O) groups is 1. The van der Waals surface area contributed by atoms with Gasteiger partial charge < -0.3 is 20.6 Å². The second-order valence-electron chi connectivity index (χ2n) is 6.81. The van der Waals surface area contributed by atoms with Crippen molar-refractivity contribution < 1.29 is 9.90 Å². The van der Waals surface area contributed by atoms with E-state index in [0.717, 1.165) is 50.1 Å². The highest BCUT2D eigenvalue weighted by molar-refractivity contribution is 6.31. The summed E-state index contributed by atoms with van der Waals surface area (Å²) in [5, 5.41) is 16.2. The summed E-state index contributed by atoms with van der Waals surface area (Å²) in [5.41, 5.74) is 1.80. The van der Waals surface area contributed by atoms with Crippen LogP contribution < -0.4 is 15.5 Å². The highest BCUT2D eigenvalue weighted by Gasteiger charge is 2.22. The summed E-state index contributed by atoms with van der Waals surface area (Å²) in [5.74, 6) is 0. The lowest BCUT2D eigenvalue weighted by atomic mass is 9.93. The first-order chi connectivity index (χ1) is 11.6. The standard InChI is InChI=1S/C18H26ClN3O2/c19-13-4-9-17(22-10-2-1-3-11-22)16(12-13)21-18(24)20-14-5-7-15(23)8-6-14/h4,9,12,14-15,23H,1-3,5-8,10-11H2,(H2,20,21,24). The van der Waals surface area contributed by atoms with Crippen molar-refractivity contribution in [2.24, 2.45) is 0 Å². The molecule has 1 saturated heterocycles. The van der Waals surface area contributed by atoms with E-state index in [4.69, 9.17) is 11.6 Å². The number of piperidine rings is 1. The molecule has 1 aliphatic heterocycles. The molecule has 2 aliphatic rings. The van der Waals surface area contributed by atoms with Gasteiger partial charge in [0, 0.05) is 24.2 Å². The smallest absolute Gasteiger partial charge is 0.319 e. The molecule has 24 heavy (non-hydrogen) atoms. The molecule has 1 aliphatic carbocycles. The minimum absolute atomic E-state index is 0.131. The van der Waals surface area contributed by atoms with Crippen molar-refractivity contribution in [3.63, 3.8) is 0 Å². The van der Waals surface area contributed by atoms with E-state index < -0.39 is 0 Å². The fourth-order valence-corrected chi connectivity index (χ4v) is 3.75. The van der Waals surface area contributed by atoms with Crippen LogP contribution in [0.25, 0.3) is 0 Å². The fraction of sp³-hybridized carbons (Fsp3) is 0.611. The number of anilines is 2. The van der Waals surface area contributed by atoms with Gasteiger partial charge in [-0.2, -0.15) is 0 Å². The van der Waals surface area contributed by atoms with E-state index in [-0.39, 0.29) is 18.2 Å². The van der Waals surface area contributed by atoms with Gasteiger partial charge in [0.2, 0.25) is 0 Å². The maximum absolute atomic E-state index is 12.4. The number of hydrogen-bond acceptors (Lipinski definition) is 3. The van der Waals surface area contributed by atoms with Crippen molar-refractivity contribution in [3.8, 4) is 0 Å². The second kappa shape index (κ2) is 8.08. The molecule has 2 amide bonds. The molecule has 132 valence electrons. The summed E-state index contributed by atoms with van der Waals surface area (Å²) in [6, 6.07) is 5.61.